The molecule has 8 heteroatoms. The third-order valence-corrected chi connectivity index (χ3v) is 6.05. The van der Waals surface area contributed by atoms with Crippen LogP contribution in [0.25, 0.3) is 0 Å². The number of nitriles is 1. The Bertz CT molecular complexity index is 1240. The second-order valence-electron chi connectivity index (χ2n) is 7.44. The molecule has 0 atom stereocenters. The molecular weight excluding hydrogens is 462 g/mol. The molecule has 3 aromatic carbocycles. The summed E-state index contributed by atoms with van der Waals surface area (Å²) >= 11 is 1.35. The van der Waals surface area contributed by atoms with Crippen LogP contribution in [-0.4, -0.2) is 43.5 Å². The summed E-state index contributed by atoms with van der Waals surface area (Å²) in [6.45, 7) is 4.59. The predicted octanol–water partition coefficient (Wildman–Crippen LogP) is 5.22. The fourth-order valence-electron chi connectivity index (χ4n) is 3.32. The Kier molecular flexibility index (Phi) is 9.16. The molecule has 0 heterocycles. The van der Waals surface area contributed by atoms with E-state index in [2.05, 4.69) is 11.4 Å². The minimum Gasteiger partial charge on any atom is -0.490 e. The van der Waals surface area contributed by atoms with E-state index in [1.807, 2.05) is 38.1 Å². The summed E-state index contributed by atoms with van der Waals surface area (Å²) in [5.41, 5.74) is 1.54. The summed E-state index contributed by atoms with van der Waals surface area (Å²) in [4.78, 5) is 28.7. The summed E-state index contributed by atoms with van der Waals surface area (Å²) in [6.07, 6.45) is 0. The maximum Gasteiger partial charge on any atom is 0.255 e. The van der Waals surface area contributed by atoms with E-state index in [9.17, 15) is 14.9 Å². The largest absolute Gasteiger partial charge is 0.490 e. The SMILES string of the molecule is CCOc1ccc(NC(=O)CN(C)C(=O)c2ccccc2Sc2ccccc2C#N)cc1OCC. The van der Waals surface area contributed by atoms with Crippen LogP contribution in [0.4, 0.5) is 5.69 Å². The molecule has 0 aliphatic heterocycles. The minimum absolute atomic E-state index is 0.135. The Morgan fingerprint density at radius 1 is 0.943 bits per heavy atom. The fraction of sp³-hybridized carbons (Fsp3) is 0.222. The topological polar surface area (TPSA) is 91.7 Å². The van der Waals surface area contributed by atoms with Gasteiger partial charge in [-0.3, -0.25) is 9.59 Å². The van der Waals surface area contributed by atoms with Gasteiger partial charge >= 0.3 is 0 Å². The zero-order valence-corrected chi connectivity index (χ0v) is 20.7. The van der Waals surface area contributed by atoms with Gasteiger partial charge in [0.05, 0.1) is 30.9 Å². The number of hydrogen-bond donors (Lipinski definition) is 1. The second-order valence-corrected chi connectivity index (χ2v) is 8.53. The van der Waals surface area contributed by atoms with Gasteiger partial charge in [0.15, 0.2) is 11.5 Å². The quantitative estimate of drug-likeness (QED) is 0.420. The molecule has 35 heavy (non-hydrogen) atoms. The highest BCUT2D eigenvalue weighted by Gasteiger charge is 2.19. The van der Waals surface area contributed by atoms with Gasteiger partial charge in [-0.1, -0.05) is 36.0 Å². The number of anilines is 1. The molecule has 0 spiro atoms. The molecule has 0 aromatic heterocycles. The number of benzene rings is 3. The normalized spacial score (nSPS) is 10.2. The van der Waals surface area contributed by atoms with Gasteiger partial charge in [0.25, 0.3) is 5.91 Å². The fourth-order valence-corrected chi connectivity index (χ4v) is 4.34. The first-order valence-electron chi connectivity index (χ1n) is 11.2. The predicted molar refractivity (Wildman–Crippen MR) is 136 cm³/mol. The number of nitrogens with one attached hydrogen (secondary N) is 1. The van der Waals surface area contributed by atoms with Crippen LogP contribution in [0.5, 0.6) is 11.5 Å². The van der Waals surface area contributed by atoms with Crippen molar-refractivity contribution < 1.29 is 19.1 Å². The third kappa shape index (κ3) is 6.78. The van der Waals surface area contributed by atoms with Gasteiger partial charge in [0.2, 0.25) is 5.91 Å². The van der Waals surface area contributed by atoms with Crippen molar-refractivity contribution in [1.82, 2.24) is 4.90 Å². The van der Waals surface area contributed by atoms with E-state index < -0.39 is 0 Å². The standard InChI is InChI=1S/C27H27N3O4S/c1-4-33-22-15-14-20(16-23(22)34-5-2)29-26(31)18-30(3)27(32)21-11-7-9-13-25(21)35-24-12-8-6-10-19(24)17-28/h6-16H,4-5,18H2,1-3H3,(H,29,31). The Morgan fingerprint density at radius 2 is 1.60 bits per heavy atom. The summed E-state index contributed by atoms with van der Waals surface area (Å²) in [7, 11) is 1.58. The highest BCUT2D eigenvalue weighted by Crippen LogP contribution is 2.33. The van der Waals surface area contributed by atoms with Crippen LogP contribution in [0.15, 0.2) is 76.5 Å². The van der Waals surface area contributed by atoms with Crippen LogP contribution in [0.2, 0.25) is 0 Å². The first-order chi connectivity index (χ1) is 17.0. The van der Waals surface area contributed by atoms with Gasteiger partial charge in [-0.05, 0) is 50.2 Å². The van der Waals surface area contributed by atoms with E-state index in [4.69, 9.17) is 9.47 Å². The van der Waals surface area contributed by atoms with Crippen molar-refractivity contribution in [3.63, 3.8) is 0 Å². The highest BCUT2D eigenvalue weighted by atomic mass is 32.2. The molecule has 7 nitrogen and oxygen atoms in total. The number of ether oxygens (including phenoxy) is 2. The molecule has 0 aliphatic carbocycles. The van der Waals surface area contributed by atoms with E-state index in [1.54, 1.807) is 49.5 Å². The van der Waals surface area contributed by atoms with Gasteiger partial charge in [-0.2, -0.15) is 5.26 Å². The Morgan fingerprint density at radius 3 is 2.31 bits per heavy atom. The summed E-state index contributed by atoms with van der Waals surface area (Å²) in [5, 5.41) is 12.2. The lowest BCUT2D eigenvalue weighted by Crippen LogP contribution is -2.35. The number of carbonyl (C=O) groups excluding carboxylic acids is 2. The van der Waals surface area contributed by atoms with Crippen molar-refractivity contribution in [3.05, 3.63) is 77.9 Å². The monoisotopic (exact) mass is 489 g/mol. The van der Waals surface area contributed by atoms with Gasteiger partial charge in [0.1, 0.15) is 6.07 Å². The van der Waals surface area contributed by atoms with Crippen LogP contribution in [0, 0.1) is 11.3 Å². The summed E-state index contributed by atoms with van der Waals surface area (Å²) < 4.78 is 11.2. The first-order valence-corrected chi connectivity index (χ1v) is 12.0. The summed E-state index contributed by atoms with van der Waals surface area (Å²) in [6, 6.07) is 21.7. The smallest absolute Gasteiger partial charge is 0.255 e. The highest BCUT2D eigenvalue weighted by molar-refractivity contribution is 7.99. The van der Waals surface area contributed by atoms with Crippen molar-refractivity contribution in [1.29, 1.82) is 5.26 Å². The molecule has 0 unspecified atom stereocenters. The number of amides is 2. The molecule has 0 fully saturated rings. The lowest BCUT2D eigenvalue weighted by molar-refractivity contribution is -0.116. The maximum atomic E-state index is 13.2. The lowest BCUT2D eigenvalue weighted by atomic mass is 10.2. The van der Waals surface area contributed by atoms with Gasteiger partial charge < -0.3 is 19.7 Å². The average Bonchev–Trinajstić information content (AvgIpc) is 2.86. The molecule has 0 aliphatic rings. The van der Waals surface area contributed by atoms with E-state index >= 15 is 0 Å². The van der Waals surface area contributed by atoms with E-state index in [-0.39, 0.29) is 18.4 Å². The van der Waals surface area contributed by atoms with Crippen molar-refractivity contribution in [2.75, 3.05) is 32.1 Å². The molecule has 3 rings (SSSR count). The molecule has 0 saturated heterocycles. The van der Waals surface area contributed by atoms with Gasteiger partial charge in [0, 0.05) is 28.6 Å². The zero-order valence-electron chi connectivity index (χ0n) is 19.9. The number of rotatable bonds is 10. The second kappa shape index (κ2) is 12.5. The van der Waals surface area contributed by atoms with Crippen molar-refractivity contribution in [3.8, 4) is 17.6 Å². The Hall–Kier alpha value is -3.96. The van der Waals surface area contributed by atoms with Crippen LogP contribution in [-0.2, 0) is 4.79 Å². The molecule has 3 aromatic rings. The number of carbonyl (C=O) groups is 2. The van der Waals surface area contributed by atoms with Crippen LogP contribution < -0.4 is 14.8 Å². The average molecular weight is 490 g/mol. The number of likely N-dealkylation sites (N-methyl/N-ethyl adjacent to an activating group) is 1. The van der Waals surface area contributed by atoms with Crippen molar-refractivity contribution in [2.45, 2.75) is 23.6 Å². The Labute approximate surface area is 209 Å². The molecule has 1 N–H and O–H groups in total. The number of hydrogen-bond acceptors (Lipinski definition) is 6. The zero-order chi connectivity index (χ0) is 25.2. The van der Waals surface area contributed by atoms with Gasteiger partial charge in [-0.15, -0.1) is 0 Å². The lowest BCUT2D eigenvalue weighted by Gasteiger charge is -2.19. The number of nitrogens with zero attached hydrogens (tertiary/aromatic N) is 2. The van der Waals surface area contributed by atoms with E-state index in [0.29, 0.717) is 46.4 Å². The van der Waals surface area contributed by atoms with Crippen LogP contribution >= 0.6 is 11.8 Å². The summed E-state index contributed by atoms with van der Waals surface area (Å²) in [5.74, 6) is 0.513. The first kappa shape index (κ1) is 25.7. The van der Waals surface area contributed by atoms with E-state index in [1.165, 1.54) is 16.7 Å². The Balaban J connectivity index is 1.70. The van der Waals surface area contributed by atoms with Crippen LogP contribution in [0.1, 0.15) is 29.8 Å². The molecular formula is C27H27N3O4S. The van der Waals surface area contributed by atoms with Crippen LogP contribution in [0.3, 0.4) is 0 Å². The molecule has 0 radical (unpaired) electrons. The third-order valence-electron chi connectivity index (χ3n) is 4.90. The van der Waals surface area contributed by atoms with Gasteiger partial charge in [-0.25, -0.2) is 0 Å². The molecule has 0 bridgehead atoms. The molecule has 2 amide bonds. The molecule has 0 saturated carbocycles. The van der Waals surface area contributed by atoms with Crippen molar-refractivity contribution >= 4 is 29.3 Å². The molecule has 180 valence electrons. The van der Waals surface area contributed by atoms with E-state index in [0.717, 1.165) is 4.90 Å². The maximum absolute atomic E-state index is 13.2. The van der Waals surface area contributed by atoms with Crippen molar-refractivity contribution in [2.24, 2.45) is 0 Å². The minimum atomic E-state index is -0.340.